The maximum absolute atomic E-state index is 11.9. The summed E-state index contributed by atoms with van der Waals surface area (Å²) in [6, 6.07) is 13.9. The topological polar surface area (TPSA) is 121 Å². The van der Waals surface area contributed by atoms with Gasteiger partial charge in [-0.15, -0.1) is 11.8 Å². The van der Waals surface area contributed by atoms with Crippen LogP contribution in [0.4, 0.5) is 0 Å². The lowest BCUT2D eigenvalue weighted by atomic mass is 10.1. The number of aromatic nitrogens is 2. The third-order valence-corrected chi connectivity index (χ3v) is 6.17. The molecule has 1 amide bonds. The summed E-state index contributed by atoms with van der Waals surface area (Å²) in [7, 11) is -3.78. The first-order chi connectivity index (χ1) is 12.4. The third-order valence-electron chi connectivity index (χ3n) is 4.14. The molecular formula is C17H14N4O3S2. The molecule has 0 saturated carbocycles. The highest BCUT2D eigenvalue weighted by Gasteiger charge is 2.28. The predicted octanol–water partition coefficient (Wildman–Crippen LogP) is 1.89. The van der Waals surface area contributed by atoms with Crippen LogP contribution in [0.5, 0.6) is 0 Å². The summed E-state index contributed by atoms with van der Waals surface area (Å²) in [5.41, 5.74) is 8.86. The van der Waals surface area contributed by atoms with Crippen molar-refractivity contribution in [3.05, 3.63) is 59.8 Å². The van der Waals surface area contributed by atoms with E-state index >= 15 is 0 Å². The number of fused-ring (bicyclic) bond motifs is 3. The number of sulfonamides is 1. The molecule has 2 aromatic carbocycles. The van der Waals surface area contributed by atoms with Crippen LogP contribution < -0.4 is 10.9 Å². The Morgan fingerprint density at radius 2 is 1.81 bits per heavy atom. The van der Waals surface area contributed by atoms with Gasteiger partial charge in [-0.25, -0.2) is 18.2 Å². The number of hydrogen-bond acceptors (Lipinski definition) is 5. The number of hydrogen-bond donors (Lipinski definition) is 2. The number of benzene rings is 2. The smallest absolute Gasteiger partial charge is 0.269 e. The van der Waals surface area contributed by atoms with Crippen molar-refractivity contribution in [2.24, 2.45) is 10.9 Å². The van der Waals surface area contributed by atoms with Crippen LogP contribution in [-0.4, -0.2) is 24.1 Å². The van der Waals surface area contributed by atoms with Crippen LogP contribution in [0.1, 0.15) is 16.1 Å². The Morgan fingerprint density at radius 3 is 2.46 bits per heavy atom. The quantitative estimate of drug-likeness (QED) is 0.712. The number of nitrogens with two attached hydrogens (primary N) is 2. The predicted molar refractivity (Wildman–Crippen MR) is 98.5 cm³/mol. The lowest BCUT2D eigenvalue weighted by Crippen LogP contribution is -2.14. The molecule has 0 radical (unpaired) electrons. The number of carbonyl (C=O) groups is 1. The molecule has 0 bridgehead atoms. The monoisotopic (exact) mass is 386 g/mol. The van der Waals surface area contributed by atoms with E-state index in [1.54, 1.807) is 28.6 Å². The largest absolute Gasteiger partial charge is 0.364 e. The van der Waals surface area contributed by atoms with E-state index < -0.39 is 15.9 Å². The van der Waals surface area contributed by atoms with E-state index in [9.17, 15) is 13.2 Å². The Bertz CT molecular complexity index is 1140. The SMILES string of the molecule is NC(=O)c1nn(-c2ccc(S(N)(=O)=O)cc2)c2c1CSc1ccccc1-2. The molecule has 0 unspecified atom stereocenters. The van der Waals surface area contributed by atoms with Crippen molar-refractivity contribution in [1.82, 2.24) is 9.78 Å². The van der Waals surface area contributed by atoms with Crippen molar-refractivity contribution in [2.45, 2.75) is 15.5 Å². The maximum Gasteiger partial charge on any atom is 0.269 e. The van der Waals surface area contributed by atoms with Gasteiger partial charge < -0.3 is 5.73 Å². The van der Waals surface area contributed by atoms with Crippen LogP contribution in [-0.2, 0) is 15.8 Å². The van der Waals surface area contributed by atoms with E-state index in [2.05, 4.69) is 5.10 Å². The van der Waals surface area contributed by atoms with Crippen LogP contribution in [0.2, 0.25) is 0 Å². The summed E-state index contributed by atoms with van der Waals surface area (Å²) in [6.07, 6.45) is 0. The summed E-state index contributed by atoms with van der Waals surface area (Å²) >= 11 is 1.62. The molecule has 0 fully saturated rings. The molecule has 7 nitrogen and oxygen atoms in total. The summed E-state index contributed by atoms with van der Waals surface area (Å²) in [4.78, 5) is 12.9. The number of primary amides is 1. The van der Waals surface area contributed by atoms with Crippen LogP contribution in [0.15, 0.2) is 58.3 Å². The summed E-state index contributed by atoms with van der Waals surface area (Å²) in [6.45, 7) is 0. The highest BCUT2D eigenvalue weighted by atomic mass is 32.2. The van der Waals surface area contributed by atoms with Gasteiger partial charge in [0.1, 0.15) is 0 Å². The number of thioether (sulfide) groups is 1. The highest BCUT2D eigenvalue weighted by Crippen LogP contribution is 2.43. The minimum Gasteiger partial charge on any atom is -0.364 e. The molecule has 0 saturated heterocycles. The second-order valence-corrected chi connectivity index (χ2v) is 8.35. The molecule has 26 heavy (non-hydrogen) atoms. The van der Waals surface area contributed by atoms with Gasteiger partial charge >= 0.3 is 0 Å². The lowest BCUT2D eigenvalue weighted by Gasteiger charge is -2.18. The Labute approximate surface area is 154 Å². The third kappa shape index (κ3) is 2.70. The zero-order chi connectivity index (χ0) is 18.5. The molecule has 1 aliphatic rings. The summed E-state index contributed by atoms with van der Waals surface area (Å²) < 4.78 is 24.5. The van der Waals surface area contributed by atoms with E-state index in [0.29, 0.717) is 11.4 Å². The second-order valence-electron chi connectivity index (χ2n) is 5.78. The van der Waals surface area contributed by atoms with Crippen molar-refractivity contribution in [3.63, 3.8) is 0 Å². The molecule has 4 rings (SSSR count). The average molecular weight is 386 g/mol. The average Bonchev–Trinajstić information content (AvgIpc) is 3.01. The summed E-state index contributed by atoms with van der Waals surface area (Å²) in [5.74, 6) is -0.0130. The number of nitrogens with zero attached hydrogens (tertiary/aromatic N) is 2. The molecule has 0 atom stereocenters. The standard InChI is InChI=1S/C17H14N4O3S2/c18-17(22)15-13-9-25-14-4-2-1-3-12(14)16(13)21(20-15)10-5-7-11(8-6-10)26(19,23)24/h1-8H,9H2,(H2,18,22)(H2,19,23,24). The van der Waals surface area contributed by atoms with Crippen molar-refractivity contribution < 1.29 is 13.2 Å². The van der Waals surface area contributed by atoms with Crippen molar-refractivity contribution in [2.75, 3.05) is 0 Å². The first kappa shape index (κ1) is 16.8. The lowest BCUT2D eigenvalue weighted by molar-refractivity contribution is 0.0994. The molecule has 0 aliphatic carbocycles. The van der Waals surface area contributed by atoms with E-state index in [-0.39, 0.29) is 10.6 Å². The fourth-order valence-corrected chi connectivity index (χ4v) is 4.55. The Kier molecular flexibility index (Phi) is 3.87. The molecule has 2 heterocycles. The second kappa shape index (κ2) is 5.97. The summed E-state index contributed by atoms with van der Waals surface area (Å²) in [5, 5.41) is 9.55. The van der Waals surface area contributed by atoms with Crippen LogP contribution >= 0.6 is 11.8 Å². The minimum absolute atomic E-state index is 0.00774. The van der Waals surface area contributed by atoms with E-state index in [1.165, 1.54) is 12.1 Å². The van der Waals surface area contributed by atoms with Crippen LogP contribution in [0, 0.1) is 0 Å². The minimum atomic E-state index is -3.78. The first-order valence-corrected chi connectivity index (χ1v) is 10.2. The highest BCUT2D eigenvalue weighted by molar-refractivity contribution is 7.98. The van der Waals surface area contributed by atoms with Gasteiger partial charge in [0, 0.05) is 21.8 Å². The van der Waals surface area contributed by atoms with Crippen molar-refractivity contribution >= 4 is 27.7 Å². The van der Waals surface area contributed by atoms with Gasteiger partial charge in [-0.1, -0.05) is 18.2 Å². The number of carbonyl (C=O) groups excluding carboxylic acids is 1. The van der Waals surface area contributed by atoms with Gasteiger partial charge in [0.15, 0.2) is 5.69 Å². The molecule has 4 N–H and O–H groups in total. The van der Waals surface area contributed by atoms with Gasteiger partial charge in [0.25, 0.3) is 5.91 Å². The maximum atomic E-state index is 11.9. The molecule has 132 valence electrons. The molecule has 1 aliphatic heterocycles. The molecule has 9 heteroatoms. The zero-order valence-corrected chi connectivity index (χ0v) is 15.0. The number of amides is 1. The fourth-order valence-electron chi connectivity index (χ4n) is 2.96. The fraction of sp³-hybridized carbons (Fsp3) is 0.0588. The Balaban J connectivity index is 1.95. The van der Waals surface area contributed by atoms with Crippen LogP contribution in [0.3, 0.4) is 0 Å². The number of primary sulfonamides is 1. The van der Waals surface area contributed by atoms with E-state index in [4.69, 9.17) is 10.9 Å². The normalized spacial score (nSPS) is 13.1. The van der Waals surface area contributed by atoms with Gasteiger partial charge in [-0.05, 0) is 30.3 Å². The molecule has 0 spiro atoms. The van der Waals surface area contributed by atoms with E-state index in [1.807, 2.05) is 24.3 Å². The number of rotatable bonds is 3. The van der Waals surface area contributed by atoms with Gasteiger partial charge in [0.2, 0.25) is 10.0 Å². The van der Waals surface area contributed by atoms with Gasteiger partial charge in [0.05, 0.1) is 16.3 Å². The first-order valence-electron chi connectivity index (χ1n) is 7.63. The molecular weight excluding hydrogens is 372 g/mol. The van der Waals surface area contributed by atoms with Gasteiger partial charge in [-0.3, -0.25) is 4.79 Å². The van der Waals surface area contributed by atoms with Crippen molar-refractivity contribution in [1.29, 1.82) is 0 Å². The van der Waals surface area contributed by atoms with E-state index in [0.717, 1.165) is 21.7 Å². The zero-order valence-electron chi connectivity index (χ0n) is 13.4. The molecule has 3 aromatic rings. The molecule has 1 aromatic heterocycles. The van der Waals surface area contributed by atoms with Crippen LogP contribution in [0.25, 0.3) is 16.9 Å². The Morgan fingerprint density at radius 1 is 1.12 bits per heavy atom. The van der Waals surface area contributed by atoms with Gasteiger partial charge in [-0.2, -0.15) is 5.10 Å². The Hall–Kier alpha value is -2.62. The van der Waals surface area contributed by atoms with Crippen molar-refractivity contribution in [3.8, 4) is 16.9 Å².